The first-order valence-electron chi connectivity index (χ1n) is 8.82. The van der Waals surface area contributed by atoms with Gasteiger partial charge in [0.1, 0.15) is 0 Å². The molecular weight excluding hydrogens is 332 g/mol. The monoisotopic (exact) mass is 358 g/mol. The molecule has 5 heteroatoms. The van der Waals surface area contributed by atoms with E-state index in [9.17, 15) is 5.11 Å². The van der Waals surface area contributed by atoms with E-state index in [1.54, 1.807) is 14.2 Å². The number of aliphatic hydroxyl groups is 1. The molecule has 0 spiro atoms. The van der Waals surface area contributed by atoms with Crippen molar-refractivity contribution in [1.29, 1.82) is 0 Å². The van der Waals surface area contributed by atoms with Crippen molar-refractivity contribution >= 4 is 0 Å². The summed E-state index contributed by atoms with van der Waals surface area (Å²) in [5.74, 6) is 3.21. The van der Waals surface area contributed by atoms with E-state index in [2.05, 4.69) is 19.9 Å². The Morgan fingerprint density at radius 2 is 1.69 bits per heavy atom. The molecule has 1 N–H and O–H groups in total. The van der Waals surface area contributed by atoms with Crippen molar-refractivity contribution in [3.63, 3.8) is 0 Å². The molecule has 26 heavy (non-hydrogen) atoms. The molecule has 0 bridgehead atoms. The minimum atomic E-state index is -0.584. The molecule has 0 saturated carbocycles. The molecule has 0 amide bonds. The van der Waals surface area contributed by atoms with Gasteiger partial charge in [-0.2, -0.15) is 0 Å². The first-order valence-corrected chi connectivity index (χ1v) is 8.82. The van der Waals surface area contributed by atoms with Crippen LogP contribution < -0.4 is 18.9 Å². The minimum Gasteiger partial charge on any atom is -0.493 e. The summed E-state index contributed by atoms with van der Waals surface area (Å²) in [6.07, 6.45) is 0.265. The number of ether oxygens (including phenoxy) is 4. The second-order valence-corrected chi connectivity index (χ2v) is 6.79. The number of fused-ring (bicyclic) bond motifs is 1. The molecule has 2 aromatic carbocycles. The van der Waals surface area contributed by atoms with Crippen LogP contribution in [0.4, 0.5) is 0 Å². The van der Waals surface area contributed by atoms with E-state index in [1.165, 1.54) is 5.56 Å². The van der Waals surface area contributed by atoms with Gasteiger partial charge in [0, 0.05) is 0 Å². The molecule has 1 heterocycles. The van der Waals surface area contributed by atoms with E-state index >= 15 is 0 Å². The summed E-state index contributed by atoms with van der Waals surface area (Å²) in [7, 11) is 3.20. The normalized spacial score (nSPS) is 16.0. The van der Waals surface area contributed by atoms with Gasteiger partial charge in [0.2, 0.25) is 6.79 Å². The van der Waals surface area contributed by atoms with E-state index in [4.69, 9.17) is 18.9 Å². The molecule has 5 nitrogen and oxygen atoms in total. The van der Waals surface area contributed by atoms with E-state index in [0.29, 0.717) is 11.5 Å². The molecule has 140 valence electrons. The van der Waals surface area contributed by atoms with Gasteiger partial charge in [0.25, 0.3) is 0 Å². The van der Waals surface area contributed by atoms with E-state index < -0.39 is 6.10 Å². The lowest BCUT2D eigenvalue weighted by atomic mass is 9.83. The van der Waals surface area contributed by atoms with Crippen molar-refractivity contribution in [3.05, 3.63) is 47.5 Å². The molecule has 0 saturated heterocycles. The number of aliphatic hydroxyl groups excluding tert-OH is 1. The third-order valence-electron chi connectivity index (χ3n) is 5.14. The highest BCUT2D eigenvalue weighted by molar-refractivity contribution is 5.45. The molecule has 0 fully saturated rings. The van der Waals surface area contributed by atoms with Crippen LogP contribution in [-0.4, -0.2) is 26.1 Å². The first-order chi connectivity index (χ1) is 12.5. The smallest absolute Gasteiger partial charge is 0.231 e. The Bertz CT molecular complexity index is 758. The van der Waals surface area contributed by atoms with Gasteiger partial charge in [0.05, 0.1) is 20.3 Å². The Morgan fingerprint density at radius 3 is 2.42 bits per heavy atom. The topological polar surface area (TPSA) is 57.2 Å². The van der Waals surface area contributed by atoms with Crippen molar-refractivity contribution < 1.29 is 24.1 Å². The van der Waals surface area contributed by atoms with E-state index in [0.717, 1.165) is 23.5 Å². The zero-order valence-corrected chi connectivity index (χ0v) is 15.7. The standard InChI is InChI=1S/C21H26O5/c1-13(9-15-5-7-18-20(10-15)26-12-25-18)14(2)21(22)16-6-8-17(23-3)19(11-16)24-4/h5-8,10-11,13-14,21-22H,9,12H2,1-4H3. The van der Waals surface area contributed by atoms with Crippen LogP contribution in [-0.2, 0) is 6.42 Å². The lowest BCUT2D eigenvalue weighted by Gasteiger charge is -2.26. The second-order valence-electron chi connectivity index (χ2n) is 6.79. The SMILES string of the molecule is COc1ccc(C(O)C(C)C(C)Cc2ccc3c(c2)OCO3)cc1OC. The third-order valence-corrected chi connectivity index (χ3v) is 5.14. The van der Waals surface area contributed by atoms with Crippen LogP contribution in [0.3, 0.4) is 0 Å². The number of hydrogen-bond acceptors (Lipinski definition) is 5. The fraction of sp³-hybridized carbons (Fsp3) is 0.429. The molecule has 1 aliphatic heterocycles. The molecular formula is C21H26O5. The average Bonchev–Trinajstić information content (AvgIpc) is 3.13. The van der Waals surface area contributed by atoms with Gasteiger partial charge in [-0.15, -0.1) is 0 Å². The number of benzene rings is 2. The molecule has 3 rings (SSSR count). The van der Waals surface area contributed by atoms with Gasteiger partial charge in [-0.05, 0) is 53.6 Å². The van der Waals surface area contributed by atoms with Gasteiger partial charge in [-0.1, -0.05) is 26.0 Å². The maximum atomic E-state index is 10.8. The summed E-state index contributed by atoms with van der Waals surface area (Å²) in [6, 6.07) is 11.6. The molecule has 1 aliphatic rings. The Labute approximate surface area is 154 Å². The molecule has 2 aromatic rings. The van der Waals surface area contributed by atoms with Crippen LogP contribution in [0.25, 0.3) is 0 Å². The van der Waals surface area contributed by atoms with Gasteiger partial charge in [-0.3, -0.25) is 0 Å². The molecule has 0 aliphatic carbocycles. The van der Waals surface area contributed by atoms with Crippen LogP contribution in [0.15, 0.2) is 36.4 Å². The van der Waals surface area contributed by atoms with E-state index in [1.807, 2.05) is 30.3 Å². The lowest BCUT2D eigenvalue weighted by molar-refractivity contribution is 0.0869. The van der Waals surface area contributed by atoms with Crippen LogP contribution in [0, 0.1) is 11.8 Å². The molecule has 3 atom stereocenters. The zero-order chi connectivity index (χ0) is 18.7. The molecule has 0 aromatic heterocycles. The fourth-order valence-corrected chi connectivity index (χ4v) is 3.28. The van der Waals surface area contributed by atoms with Gasteiger partial charge >= 0.3 is 0 Å². The number of rotatable bonds is 7. The fourth-order valence-electron chi connectivity index (χ4n) is 3.28. The maximum Gasteiger partial charge on any atom is 0.231 e. The first kappa shape index (κ1) is 18.4. The minimum absolute atomic E-state index is 0.0681. The predicted octanol–water partition coefficient (Wildman–Crippen LogP) is 3.98. The van der Waals surface area contributed by atoms with Crippen LogP contribution >= 0.6 is 0 Å². The average molecular weight is 358 g/mol. The number of hydrogen-bond donors (Lipinski definition) is 1. The number of methoxy groups -OCH3 is 2. The Kier molecular flexibility index (Phi) is 5.57. The van der Waals surface area contributed by atoms with Crippen molar-refractivity contribution in [1.82, 2.24) is 0 Å². The van der Waals surface area contributed by atoms with Crippen molar-refractivity contribution in [3.8, 4) is 23.0 Å². The highest BCUT2D eigenvalue weighted by Gasteiger charge is 2.24. The predicted molar refractivity (Wildman–Crippen MR) is 99.1 cm³/mol. The quantitative estimate of drug-likeness (QED) is 0.811. The summed E-state index contributed by atoms with van der Waals surface area (Å²) >= 11 is 0. The summed E-state index contributed by atoms with van der Waals surface area (Å²) in [4.78, 5) is 0. The van der Waals surface area contributed by atoms with Crippen LogP contribution in [0.1, 0.15) is 31.1 Å². The van der Waals surface area contributed by atoms with E-state index in [-0.39, 0.29) is 18.6 Å². The summed E-state index contributed by atoms with van der Waals surface area (Å²) in [5, 5.41) is 10.8. The largest absolute Gasteiger partial charge is 0.493 e. The summed E-state index contributed by atoms with van der Waals surface area (Å²) < 4.78 is 21.4. The van der Waals surface area contributed by atoms with Gasteiger partial charge in [0.15, 0.2) is 23.0 Å². The second kappa shape index (κ2) is 7.87. The van der Waals surface area contributed by atoms with Crippen molar-refractivity contribution in [2.45, 2.75) is 26.4 Å². The zero-order valence-electron chi connectivity index (χ0n) is 15.7. The highest BCUT2D eigenvalue weighted by Crippen LogP contribution is 2.37. The van der Waals surface area contributed by atoms with Gasteiger partial charge in [-0.25, -0.2) is 0 Å². The highest BCUT2D eigenvalue weighted by atomic mass is 16.7. The Balaban J connectivity index is 1.70. The van der Waals surface area contributed by atoms with Crippen LogP contribution in [0.5, 0.6) is 23.0 Å². The lowest BCUT2D eigenvalue weighted by Crippen LogP contribution is -2.19. The van der Waals surface area contributed by atoms with Gasteiger partial charge < -0.3 is 24.1 Å². The van der Waals surface area contributed by atoms with Crippen molar-refractivity contribution in [2.75, 3.05) is 21.0 Å². The Hall–Kier alpha value is -2.40. The third kappa shape index (κ3) is 3.73. The summed E-state index contributed by atoms with van der Waals surface area (Å²) in [5.41, 5.74) is 2.00. The van der Waals surface area contributed by atoms with Crippen molar-refractivity contribution in [2.24, 2.45) is 11.8 Å². The molecule has 3 unspecified atom stereocenters. The molecule has 0 radical (unpaired) electrons. The Morgan fingerprint density at radius 1 is 0.962 bits per heavy atom. The maximum absolute atomic E-state index is 10.8. The van der Waals surface area contributed by atoms with Crippen LogP contribution in [0.2, 0.25) is 0 Å². The summed E-state index contributed by atoms with van der Waals surface area (Å²) in [6.45, 7) is 4.50.